The molecule has 8 nitrogen and oxygen atoms in total. The van der Waals surface area contributed by atoms with E-state index < -0.39 is 7.12 Å². The van der Waals surface area contributed by atoms with Gasteiger partial charge in [0.25, 0.3) is 0 Å². The van der Waals surface area contributed by atoms with E-state index >= 15 is 0 Å². The Hall–Kier alpha value is -2.52. The minimum absolute atomic E-state index is 0.0651. The van der Waals surface area contributed by atoms with E-state index in [-0.39, 0.29) is 30.3 Å². The van der Waals surface area contributed by atoms with Gasteiger partial charge in [-0.25, -0.2) is 4.68 Å². The second-order valence-corrected chi connectivity index (χ2v) is 6.50. The SMILES string of the molecule is CNCc1cn(CC(=O)C[C@H]2Cc3cccc(C(C)=O)c3OB2O)nn1. The first-order valence-electron chi connectivity index (χ1n) is 8.50. The fourth-order valence-electron chi connectivity index (χ4n) is 3.15. The maximum atomic E-state index is 12.4. The summed E-state index contributed by atoms with van der Waals surface area (Å²) in [6.07, 6.45) is 2.36. The van der Waals surface area contributed by atoms with Crippen LogP contribution in [0, 0.1) is 0 Å². The smallest absolute Gasteiger partial charge is 0.526 e. The number of carbonyl (C=O) groups excluding carboxylic acids is 2. The molecule has 1 aromatic heterocycles. The molecule has 1 aliphatic rings. The second-order valence-electron chi connectivity index (χ2n) is 6.50. The number of hydrogen-bond acceptors (Lipinski definition) is 7. The lowest BCUT2D eigenvalue weighted by atomic mass is 9.64. The van der Waals surface area contributed by atoms with E-state index in [0.717, 1.165) is 11.3 Å². The topological polar surface area (TPSA) is 106 Å². The molecule has 2 N–H and O–H groups in total. The van der Waals surface area contributed by atoms with Gasteiger partial charge in [0.05, 0.1) is 17.5 Å². The Bertz CT molecular complexity index is 823. The standard InChI is InChI=1S/C17H21BN4O4/c1-11(23)16-5-3-4-12-6-13(18(25)26-17(12)16)7-15(24)10-22-9-14(8-19-2)20-21-22/h3-5,9,13,19,25H,6-8,10H2,1-2H3/t13-/m1/s1. The Balaban J connectivity index is 1.66. The summed E-state index contributed by atoms with van der Waals surface area (Å²) in [5, 5.41) is 21.1. The van der Waals surface area contributed by atoms with Crippen LogP contribution in [-0.4, -0.2) is 45.8 Å². The monoisotopic (exact) mass is 356 g/mol. The quantitative estimate of drug-likeness (QED) is 0.554. The average molecular weight is 356 g/mol. The average Bonchev–Trinajstić information content (AvgIpc) is 3.02. The van der Waals surface area contributed by atoms with Crippen LogP contribution < -0.4 is 9.97 Å². The lowest BCUT2D eigenvalue weighted by Gasteiger charge is -2.28. The highest BCUT2D eigenvalue weighted by molar-refractivity contribution is 6.47. The van der Waals surface area contributed by atoms with Crippen LogP contribution in [0.1, 0.15) is 35.0 Å². The van der Waals surface area contributed by atoms with Crippen molar-refractivity contribution in [2.45, 2.75) is 38.7 Å². The zero-order valence-corrected chi connectivity index (χ0v) is 14.8. The number of rotatable bonds is 7. The third-order valence-corrected chi connectivity index (χ3v) is 4.37. The Labute approximate surface area is 151 Å². The van der Waals surface area contributed by atoms with Crippen molar-refractivity contribution in [2.24, 2.45) is 0 Å². The highest BCUT2D eigenvalue weighted by atomic mass is 16.5. The van der Waals surface area contributed by atoms with Crippen molar-refractivity contribution in [1.29, 1.82) is 0 Å². The summed E-state index contributed by atoms with van der Waals surface area (Å²) < 4.78 is 7.06. The predicted molar refractivity (Wildman–Crippen MR) is 94.9 cm³/mol. The summed E-state index contributed by atoms with van der Waals surface area (Å²) in [7, 11) is 0.687. The van der Waals surface area contributed by atoms with E-state index in [2.05, 4.69) is 15.6 Å². The summed E-state index contributed by atoms with van der Waals surface area (Å²) in [6.45, 7) is 2.14. The third-order valence-electron chi connectivity index (χ3n) is 4.37. The highest BCUT2D eigenvalue weighted by Crippen LogP contribution is 2.36. The van der Waals surface area contributed by atoms with Gasteiger partial charge in [0.1, 0.15) is 12.3 Å². The molecular weight excluding hydrogens is 335 g/mol. The molecule has 0 radical (unpaired) electrons. The minimum Gasteiger partial charge on any atom is -0.535 e. The van der Waals surface area contributed by atoms with Gasteiger partial charge in [-0.3, -0.25) is 9.59 Å². The first kappa shape index (κ1) is 18.3. The molecule has 2 aromatic rings. The molecule has 1 aliphatic heterocycles. The van der Waals surface area contributed by atoms with Crippen molar-refractivity contribution in [3.63, 3.8) is 0 Å². The van der Waals surface area contributed by atoms with Crippen LogP contribution in [0.25, 0.3) is 0 Å². The molecule has 26 heavy (non-hydrogen) atoms. The second kappa shape index (κ2) is 7.80. The zero-order chi connectivity index (χ0) is 18.7. The fraction of sp³-hybridized carbons (Fsp3) is 0.412. The predicted octanol–water partition coefficient (Wildman–Crippen LogP) is 0.645. The third kappa shape index (κ3) is 4.00. The summed E-state index contributed by atoms with van der Waals surface area (Å²) >= 11 is 0. The summed E-state index contributed by atoms with van der Waals surface area (Å²) in [5.41, 5.74) is 2.04. The molecule has 0 unspecified atom stereocenters. The number of ketones is 2. The van der Waals surface area contributed by atoms with Gasteiger partial charge in [-0.1, -0.05) is 17.3 Å². The number of fused-ring (bicyclic) bond motifs is 1. The van der Waals surface area contributed by atoms with E-state index in [1.807, 2.05) is 13.1 Å². The Morgan fingerprint density at radius 3 is 3.00 bits per heavy atom. The first-order valence-corrected chi connectivity index (χ1v) is 8.50. The maximum absolute atomic E-state index is 12.4. The van der Waals surface area contributed by atoms with E-state index in [1.54, 1.807) is 18.3 Å². The molecule has 0 saturated heterocycles. The number of para-hydroxylation sites is 1. The van der Waals surface area contributed by atoms with Gasteiger partial charge < -0.3 is 15.0 Å². The van der Waals surface area contributed by atoms with Gasteiger partial charge >= 0.3 is 7.12 Å². The number of nitrogens with zero attached hydrogens (tertiary/aromatic N) is 3. The molecule has 2 heterocycles. The van der Waals surface area contributed by atoms with E-state index in [4.69, 9.17) is 4.65 Å². The first-order chi connectivity index (χ1) is 12.5. The number of hydrogen-bond donors (Lipinski definition) is 2. The Morgan fingerprint density at radius 2 is 2.27 bits per heavy atom. The fourth-order valence-corrected chi connectivity index (χ4v) is 3.15. The number of benzene rings is 1. The van der Waals surface area contributed by atoms with Crippen molar-refractivity contribution in [3.05, 3.63) is 41.2 Å². The molecule has 0 amide bonds. The largest absolute Gasteiger partial charge is 0.535 e. The minimum atomic E-state index is -1.12. The molecule has 136 valence electrons. The lowest BCUT2D eigenvalue weighted by Crippen LogP contribution is -2.36. The van der Waals surface area contributed by atoms with Crippen LogP contribution in [0.15, 0.2) is 24.4 Å². The van der Waals surface area contributed by atoms with Crippen LogP contribution in [0.3, 0.4) is 0 Å². The van der Waals surface area contributed by atoms with Gasteiger partial charge in [0.15, 0.2) is 11.6 Å². The van der Waals surface area contributed by atoms with Gasteiger partial charge in [0, 0.05) is 18.8 Å². The molecule has 0 aliphatic carbocycles. The summed E-state index contributed by atoms with van der Waals surface area (Å²) in [6, 6.07) is 5.31. The van der Waals surface area contributed by atoms with Gasteiger partial charge in [-0.2, -0.15) is 0 Å². The molecule has 0 saturated carbocycles. The van der Waals surface area contributed by atoms with Crippen molar-refractivity contribution in [2.75, 3.05) is 7.05 Å². The molecule has 0 fully saturated rings. The van der Waals surface area contributed by atoms with E-state index in [1.165, 1.54) is 11.6 Å². The Kier molecular flexibility index (Phi) is 5.48. The molecule has 0 spiro atoms. The normalized spacial score (nSPS) is 16.1. The maximum Gasteiger partial charge on any atom is 0.526 e. The van der Waals surface area contributed by atoms with Crippen molar-refractivity contribution < 1.29 is 19.3 Å². The van der Waals surface area contributed by atoms with Crippen molar-refractivity contribution >= 4 is 18.7 Å². The van der Waals surface area contributed by atoms with Crippen LogP contribution in [-0.2, 0) is 24.3 Å². The van der Waals surface area contributed by atoms with Crippen LogP contribution in [0.4, 0.5) is 0 Å². The van der Waals surface area contributed by atoms with E-state index in [0.29, 0.717) is 24.3 Å². The highest BCUT2D eigenvalue weighted by Gasteiger charge is 2.37. The van der Waals surface area contributed by atoms with Gasteiger partial charge in [-0.15, -0.1) is 5.10 Å². The number of Topliss-reactive ketones (excluding diaryl/α,β-unsaturated/α-hetero) is 2. The summed E-state index contributed by atoms with van der Waals surface area (Å²) in [5.74, 6) is -0.126. The Morgan fingerprint density at radius 1 is 1.46 bits per heavy atom. The lowest BCUT2D eigenvalue weighted by molar-refractivity contribution is -0.120. The number of nitrogens with one attached hydrogen (secondary N) is 1. The van der Waals surface area contributed by atoms with Crippen LogP contribution in [0.2, 0.25) is 5.82 Å². The molecular formula is C17H21BN4O4. The number of carbonyl (C=O) groups is 2. The van der Waals surface area contributed by atoms with Crippen LogP contribution in [0.5, 0.6) is 5.75 Å². The molecule has 9 heteroatoms. The molecule has 3 rings (SSSR count). The summed E-state index contributed by atoms with van der Waals surface area (Å²) in [4.78, 5) is 24.1. The van der Waals surface area contributed by atoms with Crippen molar-refractivity contribution in [1.82, 2.24) is 20.3 Å². The van der Waals surface area contributed by atoms with Crippen molar-refractivity contribution in [3.8, 4) is 5.75 Å². The van der Waals surface area contributed by atoms with Crippen LogP contribution >= 0.6 is 0 Å². The van der Waals surface area contributed by atoms with E-state index in [9.17, 15) is 14.6 Å². The molecule has 1 atom stereocenters. The van der Waals surface area contributed by atoms with Gasteiger partial charge in [-0.05, 0) is 32.0 Å². The molecule has 0 bridgehead atoms. The number of aromatic nitrogens is 3. The zero-order valence-electron chi connectivity index (χ0n) is 14.8. The van der Waals surface area contributed by atoms with Gasteiger partial charge in [0.2, 0.25) is 0 Å². The molecule has 1 aromatic carbocycles.